The maximum atomic E-state index is 13.7. The molecule has 2 aromatic carbocycles. The minimum Gasteiger partial charge on any atom is -0.382 e. The number of rotatable bonds is 18. The second-order valence-electron chi connectivity index (χ2n) is 11.2. The zero-order valence-corrected chi connectivity index (χ0v) is 28.9. The Bertz CT molecular complexity index is 1660. The van der Waals surface area contributed by atoms with Crippen LogP contribution in [-0.2, 0) is 44.6 Å². The fourth-order valence-corrected chi connectivity index (χ4v) is 6.08. The molecule has 1 aromatic heterocycles. The second-order valence-corrected chi connectivity index (χ2v) is 14.0. The number of methoxy groups -OCH3 is 2. The van der Waals surface area contributed by atoms with E-state index in [1.165, 1.54) is 32.5 Å². The number of amides is 3. The molecule has 16 heteroatoms. The van der Waals surface area contributed by atoms with Crippen molar-refractivity contribution in [1.29, 1.82) is 0 Å². The van der Waals surface area contributed by atoms with Crippen LogP contribution in [0.2, 0.25) is 0 Å². The van der Waals surface area contributed by atoms with E-state index in [0.29, 0.717) is 10.6 Å². The number of carbonyl (C=O) groups is 4. The van der Waals surface area contributed by atoms with Gasteiger partial charge in [-0.2, -0.15) is 8.42 Å². The fourth-order valence-electron chi connectivity index (χ4n) is 4.41. The lowest BCUT2D eigenvalue weighted by atomic mass is 9.91. The van der Waals surface area contributed by atoms with Crippen LogP contribution >= 0.6 is 11.3 Å². The Hall–Kier alpha value is -4.06. The zero-order chi connectivity index (χ0) is 35.5. The summed E-state index contributed by atoms with van der Waals surface area (Å²) in [6.07, 6.45) is 1.29. The van der Waals surface area contributed by atoms with Crippen LogP contribution in [-0.4, -0.2) is 99.8 Å². The number of hydrogen-bond donors (Lipinski definition) is 4. The third kappa shape index (κ3) is 11.0. The minimum absolute atomic E-state index is 0.0868. The summed E-state index contributed by atoms with van der Waals surface area (Å²) in [5, 5.41) is 19.4. The quantitative estimate of drug-likeness (QED) is 0.138. The Labute approximate surface area is 283 Å². The molecule has 14 nitrogen and oxygen atoms in total. The van der Waals surface area contributed by atoms with Gasteiger partial charge in [0.05, 0.1) is 35.4 Å². The molecule has 0 aliphatic rings. The number of ether oxygens (including phenoxy) is 2. The Morgan fingerprint density at radius 2 is 1.44 bits per heavy atom. The van der Waals surface area contributed by atoms with Gasteiger partial charge >= 0.3 is 0 Å². The van der Waals surface area contributed by atoms with E-state index in [2.05, 4.69) is 20.9 Å². The lowest BCUT2D eigenvalue weighted by Crippen LogP contribution is -2.60. The van der Waals surface area contributed by atoms with Gasteiger partial charge in [-0.05, 0) is 44.9 Å². The highest BCUT2D eigenvalue weighted by molar-refractivity contribution is 7.86. The predicted octanol–water partition coefficient (Wildman–Crippen LogP) is 1.09. The Kier molecular flexibility index (Phi) is 13.9. The highest BCUT2D eigenvalue weighted by Gasteiger charge is 2.40. The van der Waals surface area contributed by atoms with Crippen molar-refractivity contribution in [3.05, 3.63) is 81.8 Å². The average molecular weight is 705 g/mol. The first-order valence-corrected chi connectivity index (χ1v) is 17.0. The average Bonchev–Trinajstić information content (AvgIpc) is 3.49. The van der Waals surface area contributed by atoms with Gasteiger partial charge in [-0.25, -0.2) is 4.98 Å². The van der Waals surface area contributed by atoms with Crippen molar-refractivity contribution in [2.24, 2.45) is 0 Å². The van der Waals surface area contributed by atoms with Crippen LogP contribution < -0.4 is 16.0 Å². The van der Waals surface area contributed by atoms with E-state index < -0.39 is 64.0 Å². The molecule has 260 valence electrons. The van der Waals surface area contributed by atoms with Crippen molar-refractivity contribution in [3.63, 3.8) is 0 Å². The summed E-state index contributed by atoms with van der Waals surface area (Å²) >= 11 is 1.14. The highest BCUT2D eigenvalue weighted by Crippen LogP contribution is 2.19. The van der Waals surface area contributed by atoms with Crippen LogP contribution in [0.4, 0.5) is 0 Å². The van der Waals surface area contributed by atoms with E-state index in [0.717, 1.165) is 23.8 Å². The van der Waals surface area contributed by atoms with Crippen molar-refractivity contribution >= 4 is 45.0 Å². The van der Waals surface area contributed by atoms with Gasteiger partial charge in [-0.3, -0.25) is 23.4 Å². The van der Waals surface area contributed by atoms with E-state index in [4.69, 9.17) is 13.7 Å². The molecule has 4 N–H and O–H groups in total. The molecular weight excluding hydrogens is 665 g/mol. The summed E-state index contributed by atoms with van der Waals surface area (Å²) in [7, 11) is -1.69. The Morgan fingerprint density at radius 3 is 1.98 bits per heavy atom. The molecule has 0 fully saturated rings. The van der Waals surface area contributed by atoms with Crippen molar-refractivity contribution in [2.45, 2.75) is 55.8 Å². The molecule has 3 rings (SSSR count). The number of aryl methyl sites for hydroxylation is 2. The first-order valence-electron chi connectivity index (χ1n) is 14.8. The first-order chi connectivity index (χ1) is 22.7. The molecule has 3 aromatic rings. The van der Waals surface area contributed by atoms with Gasteiger partial charge < -0.3 is 30.5 Å². The topological polar surface area (TPSA) is 199 Å². The lowest BCUT2D eigenvalue weighted by Gasteiger charge is -2.29. The van der Waals surface area contributed by atoms with Crippen molar-refractivity contribution in [2.75, 3.05) is 34.0 Å². The number of nitrogens with zero attached hydrogens (tertiary/aromatic N) is 1. The maximum Gasteiger partial charge on any atom is 0.297 e. The summed E-state index contributed by atoms with van der Waals surface area (Å²) in [6.45, 7) is 3.12. The number of aromatic nitrogens is 1. The Balaban J connectivity index is 1.78. The monoisotopic (exact) mass is 704 g/mol. The largest absolute Gasteiger partial charge is 0.382 e. The van der Waals surface area contributed by atoms with E-state index in [-0.39, 0.29) is 29.4 Å². The molecule has 0 saturated carbocycles. The number of Topliss-reactive ketones (excluding diaryl/α,β-unsaturated/α-hetero) is 1. The normalized spacial score (nSPS) is 14.6. The molecule has 48 heavy (non-hydrogen) atoms. The van der Waals surface area contributed by atoms with Crippen LogP contribution in [0.25, 0.3) is 0 Å². The fraction of sp³-hybridized carbons (Fsp3) is 0.406. The van der Waals surface area contributed by atoms with Crippen molar-refractivity contribution in [1.82, 2.24) is 20.9 Å². The summed E-state index contributed by atoms with van der Waals surface area (Å²) in [6, 6.07) is 10.5. The molecular formula is C32H40N4O10S2. The standard InChI is InChI=1S/C32H40N4O10S2/c1-20-11-13-23(14-12-20)48(42,43)46-19-32(3,41)28(37)24(15-22-9-7-6-8-10-22)34-29(38)25(17-44-4)35-30(39)26(18-45-5)36-31(40)27-16-33-21(2)47-27/h6-14,16,24-26,41H,15,17-19H2,1-5H3,(H,34,38)(H,35,39)(H,36,40)/t24?,25-,26-,32?/m0/s1. The molecule has 2 unspecified atom stereocenters. The van der Waals surface area contributed by atoms with Crippen LogP contribution in [0.15, 0.2) is 65.7 Å². The number of ketones is 1. The third-order valence-electron chi connectivity index (χ3n) is 7.02. The smallest absolute Gasteiger partial charge is 0.297 e. The second kappa shape index (κ2) is 17.4. The summed E-state index contributed by atoms with van der Waals surface area (Å²) in [4.78, 5) is 57.4. The number of carbonyl (C=O) groups excluding carboxylic acids is 4. The van der Waals surface area contributed by atoms with Gasteiger partial charge in [-0.15, -0.1) is 11.3 Å². The molecule has 4 atom stereocenters. The zero-order valence-electron chi connectivity index (χ0n) is 27.2. The molecule has 0 bridgehead atoms. The number of hydrogen-bond acceptors (Lipinski definition) is 12. The minimum atomic E-state index is -4.33. The van der Waals surface area contributed by atoms with Crippen molar-refractivity contribution in [3.8, 4) is 0 Å². The van der Waals surface area contributed by atoms with E-state index in [9.17, 15) is 32.7 Å². The SMILES string of the molecule is COC[C@H](NC(=O)c1cnc(C)s1)C(=O)N[C@@H](COC)C(=O)NC(Cc1ccccc1)C(=O)C(C)(O)COS(=O)(=O)c1ccc(C)cc1. The highest BCUT2D eigenvalue weighted by atomic mass is 32.2. The van der Waals surface area contributed by atoms with Gasteiger partial charge in [0.25, 0.3) is 16.0 Å². The maximum absolute atomic E-state index is 13.7. The lowest BCUT2D eigenvalue weighted by molar-refractivity contribution is -0.143. The van der Waals surface area contributed by atoms with Crippen LogP contribution in [0.3, 0.4) is 0 Å². The molecule has 0 radical (unpaired) electrons. The van der Waals surface area contributed by atoms with Gasteiger partial charge in [0.1, 0.15) is 29.2 Å². The molecule has 0 aliphatic carbocycles. The van der Waals surface area contributed by atoms with Gasteiger partial charge in [-0.1, -0.05) is 48.0 Å². The molecule has 3 amide bonds. The predicted molar refractivity (Wildman–Crippen MR) is 176 cm³/mol. The van der Waals surface area contributed by atoms with Gasteiger partial charge in [0.2, 0.25) is 11.8 Å². The molecule has 0 saturated heterocycles. The van der Waals surface area contributed by atoms with Crippen LogP contribution in [0.5, 0.6) is 0 Å². The molecule has 0 aliphatic heterocycles. The van der Waals surface area contributed by atoms with Gasteiger partial charge in [0, 0.05) is 14.2 Å². The Morgan fingerprint density at radius 1 is 0.875 bits per heavy atom. The van der Waals surface area contributed by atoms with Crippen LogP contribution in [0.1, 0.15) is 32.7 Å². The molecule has 0 spiro atoms. The van der Waals surface area contributed by atoms with Gasteiger partial charge in [0.15, 0.2) is 5.78 Å². The van der Waals surface area contributed by atoms with E-state index >= 15 is 0 Å². The van der Waals surface area contributed by atoms with E-state index in [1.54, 1.807) is 56.3 Å². The third-order valence-corrected chi connectivity index (χ3v) is 9.21. The summed E-state index contributed by atoms with van der Waals surface area (Å²) in [5.74, 6) is -3.11. The number of aliphatic hydroxyl groups is 1. The summed E-state index contributed by atoms with van der Waals surface area (Å²) < 4.78 is 40.8. The number of nitrogens with one attached hydrogen (secondary N) is 3. The van der Waals surface area contributed by atoms with Crippen molar-refractivity contribution < 1.29 is 46.4 Å². The van der Waals surface area contributed by atoms with E-state index in [1.807, 2.05) is 0 Å². The summed E-state index contributed by atoms with van der Waals surface area (Å²) in [5.41, 5.74) is -0.926. The first kappa shape index (κ1) is 38.4. The van der Waals surface area contributed by atoms with Crippen LogP contribution in [0, 0.1) is 13.8 Å². The molecule has 1 heterocycles. The number of thiazole rings is 1. The number of benzene rings is 2.